The van der Waals surface area contributed by atoms with Gasteiger partial charge in [0.25, 0.3) is 5.91 Å². The van der Waals surface area contributed by atoms with Gasteiger partial charge in [-0.2, -0.15) is 5.10 Å². The Bertz CT molecular complexity index is 857. The van der Waals surface area contributed by atoms with E-state index in [2.05, 4.69) is 18.1 Å². The van der Waals surface area contributed by atoms with Crippen LogP contribution < -0.4 is 0 Å². The van der Waals surface area contributed by atoms with Crippen molar-refractivity contribution in [3.63, 3.8) is 0 Å². The Morgan fingerprint density at radius 2 is 1.92 bits per heavy atom. The lowest BCUT2D eigenvalue weighted by molar-refractivity contribution is 0.0874. The van der Waals surface area contributed by atoms with E-state index in [-0.39, 0.29) is 5.91 Å². The molecule has 0 saturated carbocycles. The van der Waals surface area contributed by atoms with Gasteiger partial charge in [-0.25, -0.2) is 4.68 Å². The van der Waals surface area contributed by atoms with Crippen molar-refractivity contribution in [2.45, 2.75) is 53.0 Å². The molecule has 3 rings (SSSR count). The first-order chi connectivity index (χ1) is 11.6. The monoisotopic (exact) mass is 323 g/mol. The van der Waals surface area contributed by atoms with E-state index in [4.69, 9.17) is 0 Å². The molecular weight excluding hydrogens is 298 g/mol. The second kappa shape index (κ2) is 7.04. The molecule has 0 aliphatic carbocycles. The number of hydrogen-bond acceptors (Lipinski definition) is 2. The number of hydrogen-bond donors (Lipinski definition) is 0. The third-order valence-corrected chi connectivity index (χ3v) is 4.69. The third kappa shape index (κ3) is 3.14. The van der Waals surface area contributed by atoms with Crippen LogP contribution in [0.2, 0.25) is 0 Å². The summed E-state index contributed by atoms with van der Waals surface area (Å²) in [7, 11) is 0. The lowest BCUT2D eigenvalue weighted by atomic mass is 10.1. The largest absolute Gasteiger partial charge is 0.338 e. The Balaban J connectivity index is 1.81. The van der Waals surface area contributed by atoms with Gasteiger partial charge in [-0.1, -0.05) is 38.0 Å². The van der Waals surface area contributed by atoms with Crippen LogP contribution in [0.15, 0.2) is 36.5 Å². The van der Waals surface area contributed by atoms with E-state index in [1.165, 1.54) is 18.4 Å². The molecule has 4 heteroatoms. The first kappa shape index (κ1) is 16.5. The van der Waals surface area contributed by atoms with Gasteiger partial charge in [-0.05, 0) is 49.8 Å². The van der Waals surface area contributed by atoms with Gasteiger partial charge < -0.3 is 4.57 Å². The van der Waals surface area contributed by atoms with E-state index >= 15 is 0 Å². The minimum Gasteiger partial charge on any atom is -0.338 e. The molecule has 0 bridgehead atoms. The average Bonchev–Trinajstić information content (AvgIpc) is 3.11. The van der Waals surface area contributed by atoms with E-state index in [9.17, 15) is 4.79 Å². The van der Waals surface area contributed by atoms with Crippen molar-refractivity contribution in [2.75, 3.05) is 0 Å². The Labute approximate surface area is 143 Å². The molecule has 0 saturated heterocycles. The number of carbonyl (C=O) groups is 1. The number of fused-ring (bicyclic) bond motifs is 1. The maximum atomic E-state index is 12.8. The fraction of sp³-hybridized carbons (Fsp3) is 0.400. The van der Waals surface area contributed by atoms with Crippen LogP contribution in [0.3, 0.4) is 0 Å². The molecule has 4 nitrogen and oxygen atoms in total. The van der Waals surface area contributed by atoms with E-state index in [1.807, 2.05) is 48.9 Å². The normalized spacial score (nSPS) is 11.3. The molecular formula is C20H25N3O. The lowest BCUT2D eigenvalue weighted by Crippen LogP contribution is -2.20. The molecule has 0 unspecified atom stereocenters. The SMILES string of the molecule is CCCCCc1c(C)nn(C(=O)Cn2ccc3ccccc32)c1C. The number of benzene rings is 1. The van der Waals surface area contributed by atoms with Gasteiger partial charge in [0.2, 0.25) is 0 Å². The Hall–Kier alpha value is -2.36. The fourth-order valence-corrected chi connectivity index (χ4v) is 3.32. The fourth-order valence-electron chi connectivity index (χ4n) is 3.32. The molecule has 0 atom stereocenters. The quantitative estimate of drug-likeness (QED) is 0.625. The van der Waals surface area contributed by atoms with Crippen molar-refractivity contribution in [3.8, 4) is 0 Å². The standard InChI is InChI=1S/C20H25N3O/c1-4-5-6-10-18-15(2)21-23(16(18)3)20(24)14-22-13-12-17-9-7-8-11-19(17)22/h7-9,11-13H,4-6,10,14H2,1-3H3. The second-order valence-electron chi connectivity index (χ2n) is 6.41. The number of aryl methyl sites for hydroxylation is 1. The highest BCUT2D eigenvalue weighted by Crippen LogP contribution is 2.18. The van der Waals surface area contributed by atoms with Crippen LogP contribution >= 0.6 is 0 Å². The second-order valence-corrected chi connectivity index (χ2v) is 6.41. The molecule has 0 radical (unpaired) electrons. The minimum atomic E-state index is 0.0127. The van der Waals surface area contributed by atoms with Crippen LogP contribution in [0.4, 0.5) is 0 Å². The topological polar surface area (TPSA) is 39.8 Å². The van der Waals surface area contributed by atoms with Crippen LogP contribution in [0, 0.1) is 13.8 Å². The Kier molecular flexibility index (Phi) is 4.84. The van der Waals surface area contributed by atoms with Crippen molar-refractivity contribution >= 4 is 16.8 Å². The zero-order chi connectivity index (χ0) is 17.1. The first-order valence-electron chi connectivity index (χ1n) is 8.74. The minimum absolute atomic E-state index is 0.0127. The smallest absolute Gasteiger partial charge is 0.267 e. The summed E-state index contributed by atoms with van der Waals surface area (Å²) in [5, 5.41) is 5.66. The van der Waals surface area contributed by atoms with E-state index in [1.54, 1.807) is 4.68 Å². The highest BCUT2D eigenvalue weighted by molar-refractivity contribution is 5.84. The van der Waals surface area contributed by atoms with E-state index in [0.29, 0.717) is 6.54 Å². The number of unbranched alkanes of at least 4 members (excludes halogenated alkanes) is 2. The molecule has 0 spiro atoms. The lowest BCUT2D eigenvalue weighted by Gasteiger charge is -2.07. The van der Waals surface area contributed by atoms with E-state index < -0.39 is 0 Å². The van der Waals surface area contributed by atoms with Crippen LogP contribution in [-0.4, -0.2) is 20.3 Å². The summed E-state index contributed by atoms with van der Waals surface area (Å²) >= 11 is 0. The molecule has 1 aromatic carbocycles. The summed E-state index contributed by atoms with van der Waals surface area (Å²) in [6, 6.07) is 10.2. The maximum absolute atomic E-state index is 12.8. The zero-order valence-corrected chi connectivity index (χ0v) is 14.7. The van der Waals surface area contributed by atoms with Gasteiger partial charge in [0.1, 0.15) is 6.54 Å². The van der Waals surface area contributed by atoms with Gasteiger partial charge in [-0.15, -0.1) is 0 Å². The Morgan fingerprint density at radius 3 is 2.71 bits per heavy atom. The van der Waals surface area contributed by atoms with Crippen molar-refractivity contribution in [2.24, 2.45) is 0 Å². The number of rotatable bonds is 6. The molecule has 0 fully saturated rings. The highest BCUT2D eigenvalue weighted by atomic mass is 16.2. The van der Waals surface area contributed by atoms with Crippen LogP contribution in [0.5, 0.6) is 0 Å². The van der Waals surface area contributed by atoms with Crippen molar-refractivity contribution in [1.82, 2.24) is 14.3 Å². The summed E-state index contributed by atoms with van der Waals surface area (Å²) in [6.45, 7) is 6.52. The predicted octanol–water partition coefficient (Wildman–Crippen LogP) is 4.53. The Morgan fingerprint density at radius 1 is 1.12 bits per heavy atom. The predicted molar refractivity (Wildman–Crippen MR) is 97.5 cm³/mol. The molecule has 126 valence electrons. The zero-order valence-electron chi connectivity index (χ0n) is 14.7. The summed E-state index contributed by atoms with van der Waals surface area (Å²) in [4.78, 5) is 12.8. The molecule has 24 heavy (non-hydrogen) atoms. The van der Waals surface area contributed by atoms with E-state index in [0.717, 1.165) is 35.1 Å². The van der Waals surface area contributed by atoms with Gasteiger partial charge in [0, 0.05) is 17.4 Å². The molecule has 3 aromatic rings. The molecule has 0 N–H and O–H groups in total. The van der Waals surface area contributed by atoms with Crippen LogP contribution in [-0.2, 0) is 13.0 Å². The average molecular weight is 323 g/mol. The third-order valence-electron chi connectivity index (χ3n) is 4.69. The van der Waals surface area contributed by atoms with Crippen molar-refractivity contribution < 1.29 is 4.79 Å². The highest BCUT2D eigenvalue weighted by Gasteiger charge is 2.17. The first-order valence-corrected chi connectivity index (χ1v) is 8.74. The van der Waals surface area contributed by atoms with Crippen LogP contribution in [0.25, 0.3) is 10.9 Å². The van der Waals surface area contributed by atoms with Gasteiger partial charge in [0.15, 0.2) is 0 Å². The molecule has 2 aromatic heterocycles. The number of nitrogens with zero attached hydrogens (tertiary/aromatic N) is 3. The number of para-hydroxylation sites is 1. The molecule has 0 aliphatic heterocycles. The summed E-state index contributed by atoms with van der Waals surface area (Å²) < 4.78 is 3.58. The van der Waals surface area contributed by atoms with Crippen LogP contribution in [0.1, 0.15) is 47.9 Å². The molecule has 0 amide bonds. The van der Waals surface area contributed by atoms with Gasteiger partial charge >= 0.3 is 0 Å². The molecule has 0 aliphatic rings. The van der Waals surface area contributed by atoms with Crippen molar-refractivity contribution in [1.29, 1.82) is 0 Å². The summed E-state index contributed by atoms with van der Waals surface area (Å²) in [5.74, 6) is 0.0127. The summed E-state index contributed by atoms with van der Waals surface area (Å²) in [6.07, 6.45) is 6.54. The van der Waals surface area contributed by atoms with Gasteiger partial charge in [-0.3, -0.25) is 4.79 Å². The molecule has 2 heterocycles. The number of aromatic nitrogens is 3. The van der Waals surface area contributed by atoms with Crippen molar-refractivity contribution in [3.05, 3.63) is 53.5 Å². The number of carbonyl (C=O) groups excluding carboxylic acids is 1. The maximum Gasteiger partial charge on any atom is 0.267 e. The van der Waals surface area contributed by atoms with Gasteiger partial charge in [0.05, 0.1) is 5.69 Å². The summed E-state index contributed by atoms with van der Waals surface area (Å²) in [5.41, 5.74) is 4.28.